The second kappa shape index (κ2) is 8.75. The molecule has 0 radical (unpaired) electrons. The summed E-state index contributed by atoms with van der Waals surface area (Å²) in [6.45, 7) is 1.63. The quantitative estimate of drug-likeness (QED) is 0.658. The highest BCUT2D eigenvalue weighted by atomic mass is 32.1. The highest BCUT2D eigenvalue weighted by molar-refractivity contribution is 7.13. The van der Waals surface area contributed by atoms with Crippen molar-refractivity contribution < 1.29 is 18.4 Å². The van der Waals surface area contributed by atoms with E-state index in [1.807, 2.05) is 13.0 Å². The summed E-state index contributed by atoms with van der Waals surface area (Å²) in [5.41, 5.74) is 0.943. The minimum absolute atomic E-state index is 0.253. The molecule has 0 unspecified atom stereocenters. The Labute approximate surface area is 165 Å². The molecule has 0 spiro atoms. The van der Waals surface area contributed by atoms with Crippen LogP contribution in [0.1, 0.15) is 31.7 Å². The van der Waals surface area contributed by atoms with Gasteiger partial charge in [0.1, 0.15) is 11.6 Å². The predicted molar refractivity (Wildman–Crippen MR) is 104 cm³/mol. The van der Waals surface area contributed by atoms with Crippen molar-refractivity contribution >= 4 is 23.2 Å². The van der Waals surface area contributed by atoms with Gasteiger partial charge in [0.05, 0.1) is 17.5 Å². The molecule has 0 bridgehead atoms. The lowest BCUT2D eigenvalue weighted by Crippen LogP contribution is -2.38. The van der Waals surface area contributed by atoms with Gasteiger partial charge < -0.3 is 10.6 Å². The molecule has 0 fully saturated rings. The van der Waals surface area contributed by atoms with Crippen molar-refractivity contribution in [2.75, 3.05) is 6.54 Å². The van der Waals surface area contributed by atoms with Crippen LogP contribution in [-0.4, -0.2) is 18.4 Å². The first kappa shape index (κ1) is 19.7. The molecule has 7 heteroatoms. The van der Waals surface area contributed by atoms with E-state index in [-0.39, 0.29) is 12.5 Å². The zero-order valence-corrected chi connectivity index (χ0v) is 15.9. The first-order chi connectivity index (χ1) is 13.4. The number of hydrogen-bond acceptors (Lipinski definition) is 3. The van der Waals surface area contributed by atoms with Gasteiger partial charge in [-0.2, -0.15) is 0 Å². The fraction of sp³-hybridized carbons (Fsp3) is 0.143. The fourth-order valence-electron chi connectivity index (χ4n) is 2.75. The van der Waals surface area contributed by atoms with Gasteiger partial charge in [0.2, 0.25) is 5.91 Å². The van der Waals surface area contributed by atoms with Crippen LogP contribution in [0.15, 0.2) is 60.7 Å². The molecular formula is C21H18F2N2O2S. The second-order valence-electron chi connectivity index (χ2n) is 6.20. The maximum Gasteiger partial charge on any atom is 0.261 e. The highest BCUT2D eigenvalue weighted by Crippen LogP contribution is 2.23. The molecule has 0 aliphatic carbocycles. The number of thiophene rings is 1. The van der Waals surface area contributed by atoms with Gasteiger partial charge in [0, 0.05) is 4.88 Å². The Morgan fingerprint density at radius 2 is 1.57 bits per heavy atom. The summed E-state index contributed by atoms with van der Waals surface area (Å²) in [5, 5.41) is 5.29. The van der Waals surface area contributed by atoms with Gasteiger partial charge in [-0.1, -0.05) is 24.3 Å². The van der Waals surface area contributed by atoms with Crippen LogP contribution in [0.25, 0.3) is 0 Å². The van der Waals surface area contributed by atoms with Crippen molar-refractivity contribution in [2.24, 2.45) is 0 Å². The summed E-state index contributed by atoms with van der Waals surface area (Å²) < 4.78 is 27.3. The van der Waals surface area contributed by atoms with E-state index in [1.54, 1.807) is 18.2 Å². The van der Waals surface area contributed by atoms with Gasteiger partial charge in [-0.15, -0.1) is 11.3 Å². The Bertz CT molecular complexity index is 958. The average molecular weight is 400 g/mol. The van der Waals surface area contributed by atoms with Crippen molar-refractivity contribution in [3.05, 3.63) is 93.2 Å². The van der Waals surface area contributed by atoms with Gasteiger partial charge in [-0.3, -0.25) is 9.59 Å². The summed E-state index contributed by atoms with van der Waals surface area (Å²) in [6.07, 6.45) is 0. The van der Waals surface area contributed by atoms with Crippen LogP contribution in [0.2, 0.25) is 0 Å². The molecule has 2 amide bonds. The monoisotopic (exact) mass is 400 g/mol. The van der Waals surface area contributed by atoms with E-state index in [9.17, 15) is 18.4 Å². The maximum absolute atomic E-state index is 13.7. The molecule has 0 saturated carbocycles. The number of carbonyl (C=O) groups excluding carboxylic acids is 2. The van der Waals surface area contributed by atoms with Crippen molar-refractivity contribution in [1.82, 2.24) is 10.6 Å². The Balaban J connectivity index is 1.73. The van der Waals surface area contributed by atoms with Gasteiger partial charge in [-0.25, -0.2) is 8.78 Å². The molecule has 0 atom stereocenters. The predicted octanol–water partition coefficient (Wildman–Crippen LogP) is 3.97. The Morgan fingerprint density at radius 1 is 0.964 bits per heavy atom. The summed E-state index contributed by atoms with van der Waals surface area (Å²) in [5.74, 6) is -1.74. The van der Waals surface area contributed by atoms with Crippen molar-refractivity contribution in [2.45, 2.75) is 13.0 Å². The van der Waals surface area contributed by atoms with E-state index in [0.717, 1.165) is 4.88 Å². The topological polar surface area (TPSA) is 58.2 Å². The molecule has 1 heterocycles. The Morgan fingerprint density at radius 3 is 2.07 bits per heavy atom. The average Bonchev–Trinajstić information content (AvgIpc) is 3.10. The molecule has 2 N–H and O–H groups in total. The minimum Gasteiger partial charge on any atom is -0.344 e. The number of nitrogens with one attached hydrogen (secondary N) is 2. The van der Waals surface area contributed by atoms with Crippen LogP contribution in [0.4, 0.5) is 8.78 Å². The zero-order valence-electron chi connectivity index (χ0n) is 15.0. The smallest absolute Gasteiger partial charge is 0.261 e. The van der Waals surface area contributed by atoms with E-state index in [4.69, 9.17) is 0 Å². The molecular weight excluding hydrogens is 382 g/mol. The number of benzene rings is 2. The SMILES string of the molecule is Cc1ccc(C(=O)NCC(=O)NC(c2cccc(F)c2)c2cccc(F)c2)s1. The molecule has 3 aromatic rings. The third-order valence-electron chi connectivity index (χ3n) is 4.04. The lowest BCUT2D eigenvalue weighted by Gasteiger charge is -2.20. The zero-order chi connectivity index (χ0) is 20.1. The van der Waals surface area contributed by atoms with Crippen LogP contribution in [0.3, 0.4) is 0 Å². The van der Waals surface area contributed by atoms with Crippen LogP contribution in [0, 0.1) is 18.6 Å². The number of aryl methyl sites for hydroxylation is 1. The highest BCUT2D eigenvalue weighted by Gasteiger charge is 2.19. The van der Waals surface area contributed by atoms with Crippen LogP contribution >= 0.6 is 11.3 Å². The molecule has 3 rings (SSSR count). The molecule has 1 aromatic heterocycles. The largest absolute Gasteiger partial charge is 0.344 e. The standard InChI is InChI=1S/C21H18F2N2O2S/c1-13-8-9-18(28-13)21(27)24-12-19(26)25-20(14-4-2-6-16(22)10-14)15-5-3-7-17(23)11-15/h2-11,20H,12H2,1H3,(H,24,27)(H,25,26). The lowest BCUT2D eigenvalue weighted by atomic mass is 9.98. The van der Waals surface area contributed by atoms with E-state index >= 15 is 0 Å². The molecule has 0 aliphatic heterocycles. The van der Waals surface area contributed by atoms with Gasteiger partial charge >= 0.3 is 0 Å². The molecule has 28 heavy (non-hydrogen) atoms. The number of halogens is 2. The van der Waals surface area contributed by atoms with Crippen molar-refractivity contribution in [3.8, 4) is 0 Å². The van der Waals surface area contributed by atoms with Crippen molar-refractivity contribution in [3.63, 3.8) is 0 Å². The normalized spacial score (nSPS) is 10.7. The number of carbonyl (C=O) groups is 2. The molecule has 144 valence electrons. The number of amides is 2. The second-order valence-corrected chi connectivity index (χ2v) is 7.49. The number of rotatable bonds is 6. The fourth-order valence-corrected chi connectivity index (χ4v) is 3.53. The van der Waals surface area contributed by atoms with E-state index in [0.29, 0.717) is 16.0 Å². The van der Waals surface area contributed by atoms with Crippen LogP contribution in [-0.2, 0) is 4.79 Å². The summed E-state index contributed by atoms with van der Waals surface area (Å²) in [4.78, 5) is 26.0. The van der Waals surface area contributed by atoms with E-state index < -0.39 is 23.6 Å². The van der Waals surface area contributed by atoms with E-state index in [1.165, 1.54) is 47.7 Å². The Kier molecular flexibility index (Phi) is 6.16. The number of hydrogen-bond donors (Lipinski definition) is 2. The third kappa shape index (κ3) is 5.01. The van der Waals surface area contributed by atoms with E-state index in [2.05, 4.69) is 10.6 Å². The summed E-state index contributed by atoms with van der Waals surface area (Å²) >= 11 is 1.33. The van der Waals surface area contributed by atoms with Gasteiger partial charge in [0.15, 0.2) is 0 Å². The maximum atomic E-state index is 13.7. The van der Waals surface area contributed by atoms with Crippen LogP contribution < -0.4 is 10.6 Å². The molecule has 0 aliphatic rings. The van der Waals surface area contributed by atoms with Crippen molar-refractivity contribution in [1.29, 1.82) is 0 Å². The molecule has 4 nitrogen and oxygen atoms in total. The third-order valence-corrected chi connectivity index (χ3v) is 5.04. The summed E-state index contributed by atoms with van der Waals surface area (Å²) in [7, 11) is 0. The van der Waals surface area contributed by atoms with Gasteiger partial charge in [-0.05, 0) is 54.4 Å². The van der Waals surface area contributed by atoms with Gasteiger partial charge in [0.25, 0.3) is 5.91 Å². The minimum atomic E-state index is -0.750. The Hall–Kier alpha value is -3.06. The summed E-state index contributed by atoms with van der Waals surface area (Å²) in [6, 6.07) is 14.2. The lowest BCUT2D eigenvalue weighted by molar-refractivity contribution is -0.120. The first-order valence-corrected chi connectivity index (χ1v) is 9.39. The molecule has 2 aromatic carbocycles. The first-order valence-electron chi connectivity index (χ1n) is 8.57. The molecule has 0 saturated heterocycles. The van der Waals surface area contributed by atoms with Crippen LogP contribution in [0.5, 0.6) is 0 Å².